The molecular weight excluding hydrogens is 422 g/mol. The van der Waals surface area contributed by atoms with Crippen LogP contribution < -0.4 is 9.64 Å². The van der Waals surface area contributed by atoms with Crippen molar-refractivity contribution in [3.05, 3.63) is 78.1 Å². The van der Waals surface area contributed by atoms with E-state index >= 15 is 0 Å². The number of carbonyl (C=O) groups excluding carboxylic acids is 1. The zero-order valence-corrected chi connectivity index (χ0v) is 19.0. The first-order valence-electron chi connectivity index (χ1n) is 11.1. The maximum atomic E-state index is 12.8. The topological polar surface area (TPSA) is 45.7 Å². The fourth-order valence-corrected chi connectivity index (χ4v) is 4.13. The summed E-state index contributed by atoms with van der Waals surface area (Å²) in [5, 5.41) is 0.739. The molecule has 4 rings (SSSR count). The summed E-state index contributed by atoms with van der Waals surface area (Å²) < 4.78 is 5.90. The Hall–Kier alpha value is -3.05. The molecule has 1 aromatic heterocycles. The van der Waals surface area contributed by atoms with Gasteiger partial charge in [0, 0.05) is 42.2 Å². The lowest BCUT2D eigenvalue weighted by atomic mass is 10.1. The number of hydrogen-bond acceptors (Lipinski definition) is 3. The van der Waals surface area contributed by atoms with Crippen LogP contribution in [0, 0.1) is 0 Å². The van der Waals surface area contributed by atoms with Crippen molar-refractivity contribution in [3.8, 4) is 16.9 Å². The third-order valence-corrected chi connectivity index (χ3v) is 6.12. The van der Waals surface area contributed by atoms with Gasteiger partial charge in [0.15, 0.2) is 0 Å². The molecule has 1 aliphatic rings. The predicted molar refractivity (Wildman–Crippen MR) is 129 cm³/mol. The molecule has 1 saturated heterocycles. The zero-order chi connectivity index (χ0) is 22.3. The van der Waals surface area contributed by atoms with Crippen molar-refractivity contribution in [1.29, 1.82) is 0 Å². The van der Waals surface area contributed by atoms with E-state index < -0.39 is 0 Å². The standard InChI is InChI=1S/C26H28ClN3O2/c1-20(29-17-18-30(26(29)31)24-13-15-28-16-14-24)4-2-3-19-32-25-11-7-22(8-12-25)21-5-9-23(27)10-6-21/h5-16,20H,2-4,17-19H2,1H3. The fourth-order valence-electron chi connectivity index (χ4n) is 4.00. The Balaban J connectivity index is 1.18. The molecule has 3 aromatic rings. The smallest absolute Gasteiger partial charge is 0.324 e. The van der Waals surface area contributed by atoms with Crippen molar-refractivity contribution < 1.29 is 9.53 Å². The largest absolute Gasteiger partial charge is 0.494 e. The third kappa shape index (κ3) is 5.40. The molecule has 0 saturated carbocycles. The van der Waals surface area contributed by atoms with E-state index in [1.807, 2.05) is 58.3 Å². The van der Waals surface area contributed by atoms with Crippen molar-refractivity contribution in [2.24, 2.45) is 0 Å². The monoisotopic (exact) mass is 449 g/mol. The SMILES string of the molecule is CC(CCCCOc1ccc(-c2ccc(Cl)cc2)cc1)N1CCN(c2ccncc2)C1=O. The third-order valence-electron chi connectivity index (χ3n) is 5.86. The van der Waals surface area contributed by atoms with Crippen molar-refractivity contribution in [2.75, 3.05) is 24.6 Å². The number of carbonyl (C=O) groups is 1. The minimum absolute atomic E-state index is 0.0840. The van der Waals surface area contributed by atoms with Gasteiger partial charge in [0.1, 0.15) is 5.75 Å². The number of hydrogen-bond donors (Lipinski definition) is 0. The van der Waals surface area contributed by atoms with E-state index in [9.17, 15) is 4.79 Å². The van der Waals surface area contributed by atoms with Gasteiger partial charge in [-0.2, -0.15) is 0 Å². The van der Waals surface area contributed by atoms with Gasteiger partial charge in [-0.3, -0.25) is 9.88 Å². The number of aromatic nitrogens is 1. The molecule has 2 amide bonds. The van der Waals surface area contributed by atoms with Crippen LogP contribution in [-0.2, 0) is 0 Å². The number of nitrogens with zero attached hydrogens (tertiary/aromatic N) is 3. The second-order valence-corrected chi connectivity index (χ2v) is 8.49. The summed E-state index contributed by atoms with van der Waals surface area (Å²) >= 11 is 5.96. The Labute approximate surface area is 194 Å². The van der Waals surface area contributed by atoms with Crippen molar-refractivity contribution >= 4 is 23.3 Å². The zero-order valence-electron chi connectivity index (χ0n) is 18.3. The van der Waals surface area contributed by atoms with Gasteiger partial charge in [0.2, 0.25) is 0 Å². The number of anilines is 1. The molecule has 0 aliphatic carbocycles. The number of amides is 2. The van der Waals surface area contributed by atoms with E-state index in [2.05, 4.69) is 24.0 Å². The average Bonchev–Trinajstić information content (AvgIpc) is 3.21. The predicted octanol–water partition coefficient (Wildman–Crippen LogP) is 6.28. The molecule has 0 spiro atoms. The van der Waals surface area contributed by atoms with Gasteiger partial charge in [-0.1, -0.05) is 35.9 Å². The number of unbranched alkanes of at least 4 members (excludes halogenated alkanes) is 1. The first-order valence-corrected chi connectivity index (χ1v) is 11.5. The van der Waals surface area contributed by atoms with E-state index in [-0.39, 0.29) is 12.1 Å². The van der Waals surface area contributed by atoms with Gasteiger partial charge in [-0.05, 0) is 73.7 Å². The molecule has 1 fully saturated rings. The lowest BCUT2D eigenvalue weighted by Crippen LogP contribution is -2.37. The van der Waals surface area contributed by atoms with Crippen LogP contribution in [0.5, 0.6) is 5.75 Å². The molecule has 2 heterocycles. The quantitative estimate of drug-likeness (QED) is 0.361. The summed E-state index contributed by atoms with van der Waals surface area (Å²) in [4.78, 5) is 20.6. The van der Waals surface area contributed by atoms with E-state index in [0.29, 0.717) is 6.61 Å². The lowest BCUT2D eigenvalue weighted by Gasteiger charge is -2.25. The molecular formula is C26H28ClN3O2. The van der Waals surface area contributed by atoms with Gasteiger partial charge in [0.05, 0.1) is 6.61 Å². The molecule has 0 bridgehead atoms. The molecule has 6 heteroatoms. The molecule has 0 radical (unpaired) electrons. The van der Waals surface area contributed by atoms with Crippen LogP contribution in [0.2, 0.25) is 5.02 Å². The fraction of sp³-hybridized carbons (Fsp3) is 0.308. The number of pyridine rings is 1. The van der Waals surface area contributed by atoms with Crippen LogP contribution >= 0.6 is 11.6 Å². The molecule has 1 aliphatic heterocycles. The van der Waals surface area contributed by atoms with Gasteiger partial charge in [0.25, 0.3) is 0 Å². The number of rotatable bonds is 9. The summed E-state index contributed by atoms with van der Waals surface area (Å²) in [7, 11) is 0. The molecule has 166 valence electrons. The Bertz CT molecular complexity index is 1010. The summed E-state index contributed by atoms with van der Waals surface area (Å²) in [5.74, 6) is 0.874. The summed E-state index contributed by atoms with van der Waals surface area (Å²) in [6.07, 6.45) is 6.39. The van der Waals surface area contributed by atoms with E-state index in [4.69, 9.17) is 16.3 Å². The van der Waals surface area contributed by atoms with Gasteiger partial charge >= 0.3 is 6.03 Å². The van der Waals surface area contributed by atoms with Crippen LogP contribution in [-0.4, -0.2) is 41.7 Å². The number of urea groups is 1. The van der Waals surface area contributed by atoms with Crippen LogP contribution in [0.3, 0.4) is 0 Å². The molecule has 5 nitrogen and oxygen atoms in total. The Kier molecular flexibility index (Phi) is 7.28. The average molecular weight is 450 g/mol. The Morgan fingerprint density at radius 2 is 1.59 bits per heavy atom. The molecule has 1 atom stereocenters. The van der Waals surface area contributed by atoms with Crippen LogP contribution in [0.4, 0.5) is 10.5 Å². The highest BCUT2D eigenvalue weighted by molar-refractivity contribution is 6.30. The summed E-state index contributed by atoms with van der Waals surface area (Å²) in [6.45, 7) is 4.29. The van der Waals surface area contributed by atoms with Crippen molar-refractivity contribution in [2.45, 2.75) is 32.2 Å². The van der Waals surface area contributed by atoms with Gasteiger partial charge in [-0.25, -0.2) is 4.79 Å². The minimum Gasteiger partial charge on any atom is -0.494 e. The van der Waals surface area contributed by atoms with Crippen LogP contribution in [0.15, 0.2) is 73.1 Å². The van der Waals surface area contributed by atoms with Crippen molar-refractivity contribution in [1.82, 2.24) is 9.88 Å². The van der Waals surface area contributed by atoms with Gasteiger partial charge < -0.3 is 9.64 Å². The second-order valence-electron chi connectivity index (χ2n) is 8.06. The van der Waals surface area contributed by atoms with Crippen molar-refractivity contribution in [3.63, 3.8) is 0 Å². The van der Waals surface area contributed by atoms with Gasteiger partial charge in [-0.15, -0.1) is 0 Å². The summed E-state index contributed by atoms with van der Waals surface area (Å²) in [6, 6.07) is 20.0. The molecule has 0 N–H and O–H groups in total. The van der Waals surface area contributed by atoms with Crippen LogP contribution in [0.1, 0.15) is 26.2 Å². The second kappa shape index (κ2) is 10.5. The highest BCUT2D eigenvalue weighted by Crippen LogP contribution is 2.25. The molecule has 1 unspecified atom stereocenters. The normalized spacial score (nSPS) is 14.6. The first kappa shape index (κ1) is 22.2. The van der Waals surface area contributed by atoms with Crippen LogP contribution in [0.25, 0.3) is 11.1 Å². The Morgan fingerprint density at radius 1 is 0.938 bits per heavy atom. The maximum absolute atomic E-state index is 12.8. The first-order chi connectivity index (χ1) is 15.6. The van der Waals surface area contributed by atoms with E-state index in [1.54, 1.807) is 12.4 Å². The highest BCUT2D eigenvalue weighted by atomic mass is 35.5. The number of benzene rings is 2. The van der Waals surface area contributed by atoms with E-state index in [0.717, 1.165) is 59.9 Å². The molecule has 2 aromatic carbocycles. The maximum Gasteiger partial charge on any atom is 0.324 e. The Morgan fingerprint density at radius 3 is 2.28 bits per heavy atom. The lowest BCUT2D eigenvalue weighted by molar-refractivity contribution is 0.199. The highest BCUT2D eigenvalue weighted by Gasteiger charge is 2.32. The minimum atomic E-state index is 0.0840. The molecule has 32 heavy (non-hydrogen) atoms. The van der Waals surface area contributed by atoms with E-state index in [1.165, 1.54) is 0 Å². The number of ether oxygens (including phenoxy) is 1. The number of halogens is 1. The summed E-state index contributed by atoms with van der Waals surface area (Å²) in [5.41, 5.74) is 3.18.